The van der Waals surface area contributed by atoms with Crippen LogP contribution in [0.5, 0.6) is 0 Å². The minimum Gasteiger partial charge on any atom is -0.478 e. The van der Waals surface area contributed by atoms with E-state index >= 15 is 0 Å². The quantitative estimate of drug-likeness (QED) is 0.835. The predicted molar refractivity (Wildman–Crippen MR) is 81.2 cm³/mol. The van der Waals surface area contributed by atoms with Crippen LogP contribution < -0.4 is 0 Å². The summed E-state index contributed by atoms with van der Waals surface area (Å²) in [7, 11) is -1.85. The molecule has 6 heteroatoms. The minimum atomic E-state index is -1.85. The number of rotatable bonds is 4. The Hall–Kier alpha value is -1.11. The highest BCUT2D eigenvalue weighted by Gasteiger charge is 2.51. The monoisotopic (exact) mass is 298 g/mol. The van der Waals surface area contributed by atoms with Crippen LogP contribution in [0.25, 0.3) is 0 Å². The molecule has 2 N–H and O–H groups in total. The van der Waals surface area contributed by atoms with E-state index in [1.54, 1.807) is 12.1 Å². The van der Waals surface area contributed by atoms with Gasteiger partial charge in [0, 0.05) is 23.2 Å². The average molecular weight is 298 g/mol. The van der Waals surface area contributed by atoms with Crippen molar-refractivity contribution < 1.29 is 14.5 Å². The van der Waals surface area contributed by atoms with Gasteiger partial charge in [0.05, 0.1) is 17.3 Å². The summed E-state index contributed by atoms with van der Waals surface area (Å²) >= 11 is 0. The molecule has 1 aliphatic rings. The van der Waals surface area contributed by atoms with Crippen molar-refractivity contribution in [3.8, 4) is 0 Å². The van der Waals surface area contributed by atoms with Crippen molar-refractivity contribution in [2.75, 3.05) is 12.3 Å². The van der Waals surface area contributed by atoms with E-state index in [-0.39, 0.29) is 16.4 Å². The maximum atomic E-state index is 11.0. The maximum absolute atomic E-state index is 11.0. The first-order chi connectivity index (χ1) is 9.20. The lowest BCUT2D eigenvalue weighted by Gasteiger charge is -2.46. The fourth-order valence-electron chi connectivity index (χ4n) is 2.38. The number of carbonyl (C=O) groups is 1. The van der Waals surface area contributed by atoms with Crippen LogP contribution in [0.4, 0.5) is 0 Å². The molecule has 0 amide bonds. The molecule has 1 fully saturated rings. The van der Waals surface area contributed by atoms with Crippen molar-refractivity contribution in [1.29, 1.82) is 0 Å². The first-order valence-electron chi connectivity index (χ1n) is 6.70. The Bertz CT molecular complexity index is 512. The Labute approximate surface area is 121 Å². The van der Waals surface area contributed by atoms with E-state index in [1.807, 2.05) is 6.92 Å². The van der Waals surface area contributed by atoms with Gasteiger partial charge in [-0.25, -0.2) is 9.10 Å². The van der Waals surface area contributed by atoms with Crippen molar-refractivity contribution in [2.45, 2.75) is 38.5 Å². The molecule has 1 aliphatic heterocycles. The van der Waals surface area contributed by atoms with Gasteiger partial charge in [-0.3, -0.25) is 4.98 Å². The van der Waals surface area contributed by atoms with Gasteiger partial charge in [0.25, 0.3) is 0 Å². The largest absolute Gasteiger partial charge is 0.478 e. The molecule has 0 saturated carbocycles. The molecule has 1 aromatic rings. The maximum Gasteiger partial charge on any atom is 0.337 e. The smallest absolute Gasteiger partial charge is 0.337 e. The summed E-state index contributed by atoms with van der Waals surface area (Å²) in [5.41, 5.74) is 1.02. The summed E-state index contributed by atoms with van der Waals surface area (Å²) in [5.74, 6) is -0.248. The third kappa shape index (κ3) is 2.55. The lowest BCUT2D eigenvalue weighted by molar-refractivity contribution is 0.0696. The van der Waals surface area contributed by atoms with E-state index in [2.05, 4.69) is 30.1 Å². The first kappa shape index (κ1) is 15.3. The van der Waals surface area contributed by atoms with Gasteiger partial charge < -0.3 is 9.66 Å². The molecule has 0 aliphatic carbocycles. The average Bonchev–Trinajstić information content (AvgIpc) is 3.17. The van der Waals surface area contributed by atoms with Gasteiger partial charge in [-0.15, -0.1) is 0 Å². The van der Waals surface area contributed by atoms with Gasteiger partial charge in [0.15, 0.2) is 0 Å². The summed E-state index contributed by atoms with van der Waals surface area (Å²) in [4.78, 5) is 15.0. The molecule has 1 aromatic heterocycles. The van der Waals surface area contributed by atoms with Gasteiger partial charge in [-0.1, -0.05) is 17.4 Å². The van der Waals surface area contributed by atoms with E-state index in [4.69, 9.17) is 5.11 Å². The minimum absolute atomic E-state index is 0.108. The van der Waals surface area contributed by atoms with Crippen molar-refractivity contribution in [3.63, 3.8) is 0 Å². The molecule has 5 nitrogen and oxygen atoms in total. The number of hydrogen-bond donors (Lipinski definition) is 2. The second-order valence-electron chi connectivity index (χ2n) is 5.96. The predicted octanol–water partition coefficient (Wildman–Crippen LogP) is 3.15. The number of nitrogens with zero attached hydrogens (tertiary/aromatic N) is 2. The molecule has 20 heavy (non-hydrogen) atoms. The third-order valence-electron chi connectivity index (χ3n) is 3.71. The van der Waals surface area contributed by atoms with E-state index < -0.39 is 16.5 Å². The van der Waals surface area contributed by atoms with Crippen LogP contribution in [0.2, 0.25) is 0 Å². The Kier molecular flexibility index (Phi) is 3.83. The molecule has 0 bridgehead atoms. The normalized spacial score (nSPS) is 26.6. The van der Waals surface area contributed by atoms with Crippen molar-refractivity contribution in [2.24, 2.45) is 0 Å². The second-order valence-corrected chi connectivity index (χ2v) is 9.56. The van der Waals surface area contributed by atoms with Crippen LogP contribution >= 0.6 is 10.5 Å². The fraction of sp³-hybridized carbons (Fsp3) is 0.571. The number of pyridine rings is 1. The van der Waals surface area contributed by atoms with Gasteiger partial charge in [-0.05, 0) is 32.9 Å². The third-order valence-corrected chi connectivity index (χ3v) is 7.66. The highest BCUT2D eigenvalue weighted by Crippen LogP contribution is 2.66. The molecule has 112 valence electrons. The molecule has 0 aromatic carbocycles. The zero-order chi connectivity index (χ0) is 15.1. The van der Waals surface area contributed by atoms with Crippen LogP contribution in [0.1, 0.15) is 49.8 Å². The van der Waals surface area contributed by atoms with Crippen LogP contribution in [-0.2, 0) is 0 Å². The first-order valence-corrected chi connectivity index (χ1v) is 8.41. The van der Waals surface area contributed by atoms with E-state index in [0.717, 1.165) is 18.0 Å². The number of aromatic carboxylic acids is 1. The number of carboxylic acids is 1. The summed E-state index contributed by atoms with van der Waals surface area (Å²) in [6.07, 6.45) is 1.38. The summed E-state index contributed by atoms with van der Waals surface area (Å²) in [6, 6.07) is 3.42. The van der Waals surface area contributed by atoms with E-state index in [9.17, 15) is 9.35 Å². The van der Waals surface area contributed by atoms with E-state index in [1.165, 1.54) is 6.20 Å². The van der Waals surface area contributed by atoms with Gasteiger partial charge >= 0.3 is 5.97 Å². The number of aromatic nitrogens is 1. The lowest BCUT2D eigenvalue weighted by atomic mass is 10.2. The van der Waals surface area contributed by atoms with Crippen molar-refractivity contribution >= 4 is 16.5 Å². The van der Waals surface area contributed by atoms with Crippen molar-refractivity contribution in [3.05, 3.63) is 29.6 Å². The molecular formula is C14H22N2O3S. The number of hydrogen-bond acceptors (Lipinski definition) is 4. The zero-order valence-electron chi connectivity index (χ0n) is 12.3. The zero-order valence-corrected chi connectivity index (χ0v) is 13.1. The van der Waals surface area contributed by atoms with Gasteiger partial charge in [0.2, 0.25) is 0 Å². The Morgan fingerprint density at radius 2 is 2.15 bits per heavy atom. The topological polar surface area (TPSA) is 73.4 Å². The van der Waals surface area contributed by atoms with Crippen molar-refractivity contribution in [1.82, 2.24) is 9.29 Å². The van der Waals surface area contributed by atoms with Gasteiger partial charge in [-0.2, -0.15) is 0 Å². The van der Waals surface area contributed by atoms with Crippen LogP contribution in [0, 0.1) is 0 Å². The number of carboxylic acid groups (broad SMARTS) is 1. The van der Waals surface area contributed by atoms with Crippen LogP contribution in [0.3, 0.4) is 0 Å². The van der Waals surface area contributed by atoms with Gasteiger partial charge in [0.1, 0.15) is 0 Å². The molecular weight excluding hydrogens is 276 g/mol. The summed E-state index contributed by atoms with van der Waals surface area (Å²) in [5, 5.41) is 8.87. The summed E-state index contributed by atoms with van der Waals surface area (Å²) in [6.45, 7) is 8.97. The fourth-order valence-corrected chi connectivity index (χ4v) is 5.20. The Balaban J connectivity index is 2.17. The molecule has 3 atom stereocenters. The standard InChI is InChI=1S/C14H22N2O3S/c1-5-20(19,14(2,3)4)16-9-12(16)11-7-6-10(8-15-11)13(17)18/h6-8,12,19H,5,9H2,1-4H3,(H,17,18)/t12-,16?/m0/s1. The van der Waals surface area contributed by atoms with Crippen LogP contribution in [0.15, 0.2) is 18.3 Å². The van der Waals surface area contributed by atoms with Crippen LogP contribution in [-0.4, -0.2) is 42.0 Å². The summed E-state index contributed by atoms with van der Waals surface area (Å²) < 4.78 is 12.9. The highest BCUT2D eigenvalue weighted by molar-refractivity contribution is 8.28. The second kappa shape index (κ2) is 5.02. The Morgan fingerprint density at radius 1 is 1.50 bits per heavy atom. The van der Waals surface area contributed by atoms with E-state index in [0.29, 0.717) is 0 Å². The molecule has 2 rings (SSSR count). The Morgan fingerprint density at radius 3 is 2.55 bits per heavy atom. The molecule has 1 saturated heterocycles. The lowest BCUT2D eigenvalue weighted by Crippen LogP contribution is -2.31. The molecule has 2 unspecified atom stereocenters. The molecule has 0 radical (unpaired) electrons. The SMILES string of the molecule is CCS(O)(N1C[C@H]1c1ccc(C(=O)O)cn1)C(C)(C)C. The molecule has 0 spiro atoms. The highest BCUT2D eigenvalue weighted by atomic mass is 32.3. The molecule has 2 heterocycles.